The highest BCUT2D eigenvalue weighted by Crippen LogP contribution is 2.18. The Morgan fingerprint density at radius 2 is 2.33 bits per heavy atom. The van der Waals surface area contributed by atoms with Crippen molar-refractivity contribution >= 4 is 5.91 Å². The van der Waals surface area contributed by atoms with E-state index in [0.29, 0.717) is 32.8 Å². The third-order valence-electron chi connectivity index (χ3n) is 2.97. The van der Waals surface area contributed by atoms with Gasteiger partial charge in [-0.1, -0.05) is 0 Å². The molecule has 2 heterocycles. The monoisotopic (exact) mass is 215 g/mol. The first-order valence-electron chi connectivity index (χ1n) is 5.35. The second kappa shape index (κ2) is 4.47. The van der Waals surface area contributed by atoms with E-state index >= 15 is 0 Å². The van der Waals surface area contributed by atoms with Gasteiger partial charge in [-0.05, 0) is 6.42 Å². The van der Waals surface area contributed by atoms with Crippen LogP contribution in [-0.2, 0) is 14.3 Å². The zero-order chi connectivity index (χ0) is 10.7. The Balaban J connectivity index is 1.74. The molecule has 0 aromatic rings. The van der Waals surface area contributed by atoms with Gasteiger partial charge >= 0.3 is 0 Å². The molecular formula is C10H17NO4. The zero-order valence-electron chi connectivity index (χ0n) is 8.70. The van der Waals surface area contributed by atoms with Crippen LogP contribution in [-0.4, -0.2) is 49.6 Å². The predicted molar refractivity (Wildman–Crippen MR) is 52.3 cm³/mol. The smallest absolute Gasteiger partial charge is 0.225 e. The van der Waals surface area contributed by atoms with Gasteiger partial charge in [0.15, 0.2) is 0 Å². The molecule has 0 radical (unpaired) electrons. The maximum absolute atomic E-state index is 11.6. The average molecular weight is 215 g/mol. The second-order valence-corrected chi connectivity index (χ2v) is 4.31. The number of rotatable bonds is 3. The van der Waals surface area contributed by atoms with Crippen molar-refractivity contribution in [3.8, 4) is 0 Å². The Morgan fingerprint density at radius 1 is 1.47 bits per heavy atom. The number of carbonyl (C=O) groups excluding carboxylic acids is 1. The molecule has 15 heavy (non-hydrogen) atoms. The summed E-state index contributed by atoms with van der Waals surface area (Å²) in [5, 5.41) is 12.7. The van der Waals surface area contributed by atoms with Crippen molar-refractivity contribution in [3.63, 3.8) is 0 Å². The number of carbonyl (C=O) groups is 1. The lowest BCUT2D eigenvalue weighted by atomic mass is 10.0. The van der Waals surface area contributed by atoms with Gasteiger partial charge in [-0.2, -0.15) is 0 Å². The van der Waals surface area contributed by atoms with E-state index in [1.165, 1.54) is 0 Å². The highest BCUT2D eigenvalue weighted by atomic mass is 16.5. The average Bonchev–Trinajstić information content (AvgIpc) is 2.85. The lowest BCUT2D eigenvalue weighted by Crippen LogP contribution is -2.45. The molecule has 0 spiro atoms. The van der Waals surface area contributed by atoms with E-state index in [9.17, 15) is 9.90 Å². The van der Waals surface area contributed by atoms with E-state index in [2.05, 4.69) is 5.32 Å². The fourth-order valence-corrected chi connectivity index (χ4v) is 1.87. The molecule has 2 atom stereocenters. The van der Waals surface area contributed by atoms with Crippen molar-refractivity contribution in [2.45, 2.75) is 18.4 Å². The van der Waals surface area contributed by atoms with Gasteiger partial charge in [0.25, 0.3) is 0 Å². The van der Waals surface area contributed by atoms with Gasteiger partial charge in [-0.15, -0.1) is 0 Å². The first kappa shape index (κ1) is 10.9. The minimum absolute atomic E-state index is 0.0205. The highest BCUT2D eigenvalue weighted by molar-refractivity contribution is 5.79. The summed E-state index contributed by atoms with van der Waals surface area (Å²) in [6.07, 6.45) is 1.37. The predicted octanol–water partition coefficient (Wildman–Crippen LogP) is -0.710. The third-order valence-corrected chi connectivity index (χ3v) is 2.97. The van der Waals surface area contributed by atoms with Gasteiger partial charge in [0.2, 0.25) is 5.91 Å². The summed E-state index contributed by atoms with van der Waals surface area (Å²) in [5.41, 5.74) is -0.866. The normalized spacial score (nSPS) is 35.7. The van der Waals surface area contributed by atoms with Crippen molar-refractivity contribution in [1.29, 1.82) is 0 Å². The molecule has 2 aliphatic rings. The summed E-state index contributed by atoms with van der Waals surface area (Å²) in [4.78, 5) is 11.6. The Bertz CT molecular complexity index is 232. The minimum atomic E-state index is -0.866. The molecule has 5 nitrogen and oxygen atoms in total. The number of amides is 1. The maximum Gasteiger partial charge on any atom is 0.225 e. The van der Waals surface area contributed by atoms with E-state index in [1.54, 1.807) is 0 Å². The fourth-order valence-electron chi connectivity index (χ4n) is 1.87. The molecule has 0 bridgehead atoms. The van der Waals surface area contributed by atoms with Crippen LogP contribution in [0.5, 0.6) is 0 Å². The Hall–Kier alpha value is -0.650. The second-order valence-electron chi connectivity index (χ2n) is 4.31. The van der Waals surface area contributed by atoms with Crippen molar-refractivity contribution in [2.75, 3.05) is 33.0 Å². The van der Waals surface area contributed by atoms with Gasteiger partial charge in [0.1, 0.15) is 5.60 Å². The van der Waals surface area contributed by atoms with E-state index in [-0.39, 0.29) is 18.4 Å². The van der Waals surface area contributed by atoms with E-state index in [0.717, 1.165) is 6.42 Å². The molecule has 86 valence electrons. The lowest BCUT2D eigenvalue weighted by molar-refractivity contribution is -0.126. The first-order chi connectivity index (χ1) is 7.20. The van der Waals surface area contributed by atoms with Gasteiger partial charge in [0, 0.05) is 26.2 Å². The summed E-state index contributed by atoms with van der Waals surface area (Å²) < 4.78 is 10.2. The summed E-state index contributed by atoms with van der Waals surface area (Å²) in [5.74, 6) is -0.0660. The highest BCUT2D eigenvalue weighted by Gasteiger charge is 2.33. The molecule has 2 rings (SSSR count). The van der Waals surface area contributed by atoms with E-state index in [4.69, 9.17) is 9.47 Å². The molecule has 2 aliphatic heterocycles. The Labute approximate surface area is 88.7 Å². The SMILES string of the molecule is O=C(NCC1(O)CCOC1)C1CCOC1. The van der Waals surface area contributed by atoms with Gasteiger partial charge < -0.3 is 19.9 Å². The number of nitrogens with one attached hydrogen (secondary N) is 1. The summed E-state index contributed by atoms with van der Waals surface area (Å²) in [7, 11) is 0. The number of ether oxygens (including phenoxy) is 2. The van der Waals surface area contributed by atoms with Gasteiger partial charge in [-0.3, -0.25) is 4.79 Å². The molecule has 5 heteroatoms. The fraction of sp³-hybridized carbons (Fsp3) is 0.900. The van der Waals surface area contributed by atoms with Crippen LogP contribution in [0, 0.1) is 5.92 Å². The third kappa shape index (κ3) is 2.68. The number of hydrogen-bond donors (Lipinski definition) is 2. The molecular weight excluding hydrogens is 198 g/mol. The maximum atomic E-state index is 11.6. The van der Waals surface area contributed by atoms with E-state index < -0.39 is 5.60 Å². The van der Waals surface area contributed by atoms with Crippen molar-refractivity contribution < 1.29 is 19.4 Å². The summed E-state index contributed by atoms with van der Waals surface area (Å²) in [6.45, 7) is 2.32. The molecule has 2 N–H and O–H groups in total. The van der Waals surface area contributed by atoms with Crippen LogP contribution < -0.4 is 5.32 Å². The molecule has 0 saturated carbocycles. The van der Waals surface area contributed by atoms with Crippen LogP contribution in [0.15, 0.2) is 0 Å². The van der Waals surface area contributed by atoms with Crippen molar-refractivity contribution in [2.24, 2.45) is 5.92 Å². The molecule has 2 saturated heterocycles. The van der Waals surface area contributed by atoms with Crippen molar-refractivity contribution in [1.82, 2.24) is 5.32 Å². The lowest BCUT2D eigenvalue weighted by Gasteiger charge is -2.21. The molecule has 2 fully saturated rings. The van der Waals surface area contributed by atoms with Crippen LogP contribution in [0.1, 0.15) is 12.8 Å². The number of hydrogen-bond acceptors (Lipinski definition) is 4. The van der Waals surface area contributed by atoms with Crippen LogP contribution >= 0.6 is 0 Å². The molecule has 0 aliphatic carbocycles. The van der Waals surface area contributed by atoms with Crippen LogP contribution in [0.2, 0.25) is 0 Å². The summed E-state index contributed by atoms with van der Waals surface area (Å²) >= 11 is 0. The van der Waals surface area contributed by atoms with Gasteiger partial charge in [0.05, 0.1) is 19.1 Å². The Kier molecular flexibility index (Phi) is 3.23. The molecule has 1 amide bonds. The van der Waals surface area contributed by atoms with Crippen molar-refractivity contribution in [3.05, 3.63) is 0 Å². The standard InChI is InChI=1S/C10H17NO4/c12-9(8-1-3-14-5-8)11-6-10(13)2-4-15-7-10/h8,13H,1-7H2,(H,11,12). The van der Waals surface area contributed by atoms with Crippen LogP contribution in [0.4, 0.5) is 0 Å². The minimum Gasteiger partial charge on any atom is -0.386 e. The van der Waals surface area contributed by atoms with Gasteiger partial charge in [-0.25, -0.2) is 0 Å². The Morgan fingerprint density at radius 3 is 2.93 bits per heavy atom. The summed E-state index contributed by atoms with van der Waals surface area (Å²) in [6, 6.07) is 0. The first-order valence-corrected chi connectivity index (χ1v) is 5.35. The topological polar surface area (TPSA) is 67.8 Å². The van der Waals surface area contributed by atoms with Crippen LogP contribution in [0.3, 0.4) is 0 Å². The van der Waals surface area contributed by atoms with Crippen LogP contribution in [0.25, 0.3) is 0 Å². The molecule has 0 aromatic heterocycles. The molecule has 0 aromatic carbocycles. The molecule has 2 unspecified atom stereocenters. The largest absolute Gasteiger partial charge is 0.386 e. The quantitative estimate of drug-likeness (QED) is 0.652. The van der Waals surface area contributed by atoms with E-state index in [1.807, 2.05) is 0 Å². The number of aliphatic hydroxyl groups is 1. The zero-order valence-corrected chi connectivity index (χ0v) is 8.70.